The minimum atomic E-state index is -0.505. The number of nitrogens with zero attached hydrogens (tertiary/aromatic N) is 1. The molecule has 1 aromatic carbocycles. The molecule has 0 spiro atoms. The van der Waals surface area contributed by atoms with Crippen LogP contribution >= 0.6 is 42.1 Å². The maximum atomic E-state index is 14.2. The van der Waals surface area contributed by atoms with Gasteiger partial charge in [-0.3, -0.25) is 0 Å². The Hall–Kier alpha value is -0.410. The number of nitrogens with one attached hydrogen (secondary N) is 1. The molecule has 0 radical (unpaired) electrons. The first-order valence-corrected chi connectivity index (χ1v) is 9.97. The van der Waals surface area contributed by atoms with Gasteiger partial charge in [-0.2, -0.15) is 5.26 Å². The van der Waals surface area contributed by atoms with Gasteiger partial charge in [0.05, 0.1) is 5.56 Å². The van der Waals surface area contributed by atoms with E-state index in [-0.39, 0.29) is 10.3 Å². The Balaban J connectivity index is 3.09. The Morgan fingerprint density at radius 1 is 1.40 bits per heavy atom. The van der Waals surface area contributed by atoms with Gasteiger partial charge in [0.2, 0.25) is 0 Å². The van der Waals surface area contributed by atoms with E-state index in [9.17, 15) is 4.39 Å². The van der Waals surface area contributed by atoms with Crippen molar-refractivity contribution in [2.24, 2.45) is 0 Å². The molecule has 0 heterocycles. The molecule has 20 heavy (non-hydrogen) atoms. The van der Waals surface area contributed by atoms with Gasteiger partial charge in [0.1, 0.15) is 17.9 Å². The smallest absolute Gasteiger partial charge is 0.146 e. The van der Waals surface area contributed by atoms with Crippen LogP contribution in [0.5, 0.6) is 0 Å². The topological polar surface area (TPSA) is 35.8 Å². The van der Waals surface area contributed by atoms with Crippen molar-refractivity contribution >= 4 is 42.1 Å². The maximum Gasteiger partial charge on any atom is 0.146 e. The molecule has 1 aromatic rings. The standard InChI is InChI=1S/C14H14FIN2S2/c1-14(2,3)20-18-12(7-8-19-16)11-6-4-5-10(9-17)13(11)15/h4-6,12,18H,1-3H3. The zero-order valence-electron chi connectivity index (χ0n) is 11.3. The third kappa shape index (κ3) is 5.53. The van der Waals surface area contributed by atoms with Gasteiger partial charge in [0.15, 0.2) is 0 Å². The molecule has 1 N–H and O–H groups in total. The van der Waals surface area contributed by atoms with Crippen molar-refractivity contribution in [3.63, 3.8) is 0 Å². The van der Waals surface area contributed by atoms with Gasteiger partial charge >= 0.3 is 0 Å². The monoisotopic (exact) mass is 420 g/mol. The molecule has 0 aliphatic heterocycles. The van der Waals surface area contributed by atoms with E-state index in [1.54, 1.807) is 12.1 Å². The Morgan fingerprint density at radius 2 is 2.10 bits per heavy atom. The third-order valence-electron chi connectivity index (χ3n) is 2.18. The predicted molar refractivity (Wildman–Crippen MR) is 93.7 cm³/mol. The SMILES string of the molecule is CC(C)(C)SNC(C#CSI)c1cccc(C#N)c1F. The molecule has 1 atom stereocenters. The van der Waals surface area contributed by atoms with E-state index < -0.39 is 11.9 Å². The van der Waals surface area contributed by atoms with Crippen LogP contribution in [-0.2, 0) is 0 Å². The first-order valence-electron chi connectivity index (χ1n) is 5.79. The Kier molecular flexibility index (Phi) is 7.18. The van der Waals surface area contributed by atoms with Crippen LogP contribution in [0.4, 0.5) is 4.39 Å². The van der Waals surface area contributed by atoms with Crippen molar-refractivity contribution in [2.45, 2.75) is 31.6 Å². The predicted octanol–water partition coefficient (Wildman–Crippen LogP) is 4.82. The molecule has 0 aromatic heterocycles. The molecule has 0 bridgehead atoms. The fraction of sp³-hybridized carbons (Fsp3) is 0.357. The van der Waals surface area contributed by atoms with Gasteiger partial charge in [-0.15, -0.1) is 0 Å². The van der Waals surface area contributed by atoms with Crippen LogP contribution in [0.25, 0.3) is 0 Å². The van der Waals surface area contributed by atoms with Crippen molar-refractivity contribution in [1.82, 2.24) is 4.72 Å². The van der Waals surface area contributed by atoms with Gasteiger partial charge < -0.3 is 0 Å². The molecule has 0 saturated heterocycles. The summed E-state index contributed by atoms with van der Waals surface area (Å²) in [6.07, 6.45) is 0. The molecule has 6 heteroatoms. The Morgan fingerprint density at radius 3 is 2.65 bits per heavy atom. The number of nitriles is 1. The summed E-state index contributed by atoms with van der Waals surface area (Å²) in [7, 11) is 1.35. The number of benzene rings is 1. The second-order valence-corrected chi connectivity index (χ2v) is 8.25. The molecule has 0 aliphatic rings. The van der Waals surface area contributed by atoms with Crippen molar-refractivity contribution in [3.05, 3.63) is 35.1 Å². The molecule has 0 saturated carbocycles. The van der Waals surface area contributed by atoms with E-state index >= 15 is 0 Å². The van der Waals surface area contributed by atoms with Gasteiger partial charge in [-0.1, -0.05) is 30.0 Å². The molecule has 0 fully saturated rings. The fourth-order valence-corrected chi connectivity index (χ4v) is 2.55. The second kappa shape index (κ2) is 8.14. The van der Waals surface area contributed by atoms with Crippen LogP contribution in [0, 0.1) is 28.3 Å². The lowest BCUT2D eigenvalue weighted by Gasteiger charge is -2.21. The number of hydrogen-bond donors (Lipinski definition) is 1. The highest BCUT2D eigenvalue weighted by molar-refractivity contribution is 14.2. The maximum absolute atomic E-state index is 14.2. The second-order valence-electron chi connectivity index (χ2n) is 4.91. The first kappa shape index (κ1) is 17.6. The normalized spacial score (nSPS) is 12.2. The zero-order chi connectivity index (χ0) is 15.2. The minimum Gasteiger partial charge on any atom is -0.245 e. The summed E-state index contributed by atoms with van der Waals surface area (Å²) in [5, 5.41) is 11.8. The molecule has 0 aliphatic carbocycles. The van der Waals surface area contributed by atoms with Crippen LogP contribution in [0.2, 0.25) is 0 Å². The lowest BCUT2D eigenvalue weighted by molar-refractivity contribution is 0.595. The number of rotatable bonds is 3. The number of hydrogen-bond acceptors (Lipinski definition) is 4. The van der Waals surface area contributed by atoms with Crippen molar-refractivity contribution in [3.8, 4) is 17.2 Å². The summed E-state index contributed by atoms with van der Waals surface area (Å²) in [4.78, 5) is 0. The van der Waals surface area contributed by atoms with Gasteiger partial charge in [0.25, 0.3) is 0 Å². The van der Waals surface area contributed by atoms with Crippen LogP contribution in [0.1, 0.15) is 37.9 Å². The summed E-state index contributed by atoms with van der Waals surface area (Å²) < 4.78 is 17.4. The Bertz CT molecular complexity index is 567. The summed E-state index contributed by atoms with van der Waals surface area (Å²) in [6, 6.07) is 6.20. The van der Waals surface area contributed by atoms with Crippen LogP contribution in [0.3, 0.4) is 0 Å². The van der Waals surface area contributed by atoms with Gasteiger partial charge in [-0.05, 0) is 41.0 Å². The molecule has 1 rings (SSSR count). The number of halogens is 2. The van der Waals surface area contributed by atoms with Crippen LogP contribution < -0.4 is 4.72 Å². The average molecular weight is 420 g/mol. The quantitative estimate of drug-likeness (QED) is 0.432. The van der Waals surface area contributed by atoms with E-state index in [0.717, 1.165) is 0 Å². The van der Waals surface area contributed by atoms with Gasteiger partial charge in [-0.25, -0.2) is 9.11 Å². The zero-order valence-corrected chi connectivity index (χ0v) is 15.1. The molecular weight excluding hydrogens is 406 g/mol. The van der Waals surface area contributed by atoms with E-state index in [4.69, 9.17) is 5.26 Å². The van der Waals surface area contributed by atoms with Crippen molar-refractivity contribution < 1.29 is 4.39 Å². The molecule has 106 valence electrons. The first-order chi connectivity index (χ1) is 9.39. The summed E-state index contributed by atoms with van der Waals surface area (Å²) >= 11 is 3.57. The van der Waals surface area contributed by atoms with Gasteiger partial charge in [0, 0.05) is 31.5 Å². The van der Waals surface area contributed by atoms with E-state index in [1.165, 1.54) is 26.9 Å². The summed E-state index contributed by atoms with van der Waals surface area (Å²) in [6.45, 7) is 6.18. The molecule has 2 nitrogen and oxygen atoms in total. The fourth-order valence-electron chi connectivity index (χ4n) is 1.35. The van der Waals surface area contributed by atoms with Crippen LogP contribution in [-0.4, -0.2) is 4.75 Å². The van der Waals surface area contributed by atoms with Crippen molar-refractivity contribution in [2.75, 3.05) is 0 Å². The highest BCUT2D eigenvalue weighted by Crippen LogP contribution is 2.27. The lowest BCUT2D eigenvalue weighted by Crippen LogP contribution is -2.21. The van der Waals surface area contributed by atoms with Crippen LogP contribution in [0.15, 0.2) is 18.2 Å². The molecule has 1 unspecified atom stereocenters. The van der Waals surface area contributed by atoms with E-state index in [2.05, 4.69) is 57.9 Å². The summed E-state index contributed by atoms with van der Waals surface area (Å²) in [5.41, 5.74) is 0.442. The van der Waals surface area contributed by atoms with E-state index in [0.29, 0.717) is 5.56 Å². The molecular formula is C14H14FIN2S2. The van der Waals surface area contributed by atoms with Crippen molar-refractivity contribution in [1.29, 1.82) is 5.26 Å². The lowest BCUT2D eigenvalue weighted by atomic mass is 10.0. The highest BCUT2D eigenvalue weighted by atomic mass is 127. The average Bonchev–Trinajstić information content (AvgIpc) is 2.39. The Labute approximate surface area is 140 Å². The molecule has 0 amide bonds. The summed E-state index contributed by atoms with van der Waals surface area (Å²) in [5.74, 6) is 2.47. The van der Waals surface area contributed by atoms with E-state index in [1.807, 2.05) is 6.07 Å². The third-order valence-corrected chi connectivity index (χ3v) is 4.01. The highest BCUT2D eigenvalue weighted by Gasteiger charge is 2.19. The minimum absolute atomic E-state index is 0.0132. The largest absolute Gasteiger partial charge is 0.245 e.